The third kappa shape index (κ3) is 5.22. The van der Waals surface area contributed by atoms with Gasteiger partial charge in [0, 0.05) is 24.6 Å². The van der Waals surface area contributed by atoms with E-state index in [0.717, 1.165) is 18.6 Å². The number of hydrogen-bond donors (Lipinski definition) is 2. The van der Waals surface area contributed by atoms with E-state index in [-0.39, 0.29) is 11.7 Å². The van der Waals surface area contributed by atoms with Crippen LogP contribution in [0, 0.1) is 10.1 Å². The Morgan fingerprint density at radius 3 is 2.91 bits per heavy atom. The molecule has 0 saturated carbocycles. The molecule has 0 aliphatic rings. The second-order valence-electron chi connectivity index (χ2n) is 5.04. The van der Waals surface area contributed by atoms with Crippen molar-refractivity contribution in [3.8, 4) is 0 Å². The molecule has 2 aromatic rings. The minimum atomic E-state index is -0.482. The van der Waals surface area contributed by atoms with Crippen LogP contribution in [0.4, 0.5) is 11.4 Å². The van der Waals surface area contributed by atoms with Gasteiger partial charge in [0.1, 0.15) is 5.76 Å². The predicted molar refractivity (Wildman–Crippen MR) is 94.0 cm³/mol. The molecule has 0 bridgehead atoms. The lowest BCUT2D eigenvalue weighted by atomic mass is 10.1. The van der Waals surface area contributed by atoms with Crippen molar-refractivity contribution in [2.75, 3.05) is 5.32 Å². The molecule has 122 valence electrons. The highest BCUT2D eigenvalue weighted by molar-refractivity contribution is 7.80. The first-order chi connectivity index (χ1) is 11.0. The minimum Gasteiger partial charge on any atom is -0.469 e. The maximum absolute atomic E-state index is 10.8. The maximum atomic E-state index is 10.8. The fourth-order valence-electron chi connectivity index (χ4n) is 1.99. The highest BCUT2D eigenvalue weighted by atomic mass is 35.5. The van der Waals surface area contributed by atoms with Crippen LogP contribution in [0.2, 0.25) is 5.02 Å². The number of thiocarbonyl (C=S) groups is 1. The van der Waals surface area contributed by atoms with Gasteiger partial charge in [-0.25, -0.2) is 0 Å². The first-order valence-electron chi connectivity index (χ1n) is 6.99. The molecule has 8 heteroatoms. The van der Waals surface area contributed by atoms with Crippen LogP contribution in [-0.4, -0.2) is 16.1 Å². The van der Waals surface area contributed by atoms with Crippen LogP contribution in [0.5, 0.6) is 0 Å². The topological polar surface area (TPSA) is 80.3 Å². The third-order valence-electron chi connectivity index (χ3n) is 3.19. The lowest BCUT2D eigenvalue weighted by Gasteiger charge is -2.17. The molecule has 0 amide bonds. The third-order valence-corrected chi connectivity index (χ3v) is 3.74. The van der Waals surface area contributed by atoms with Crippen molar-refractivity contribution in [1.82, 2.24) is 5.32 Å². The van der Waals surface area contributed by atoms with Crippen LogP contribution >= 0.6 is 23.8 Å². The van der Waals surface area contributed by atoms with E-state index in [1.165, 1.54) is 18.2 Å². The van der Waals surface area contributed by atoms with Crippen LogP contribution in [0.15, 0.2) is 41.0 Å². The summed E-state index contributed by atoms with van der Waals surface area (Å²) in [6.45, 7) is 1.99. The van der Waals surface area contributed by atoms with Gasteiger partial charge in [0.05, 0.1) is 21.9 Å². The average Bonchev–Trinajstić information content (AvgIpc) is 3.00. The predicted octanol–water partition coefficient (Wildman–Crippen LogP) is 4.15. The molecule has 0 saturated heterocycles. The summed E-state index contributed by atoms with van der Waals surface area (Å²) >= 11 is 11.2. The molecule has 2 N–H and O–H groups in total. The van der Waals surface area contributed by atoms with Gasteiger partial charge in [0.15, 0.2) is 5.11 Å². The van der Waals surface area contributed by atoms with Crippen molar-refractivity contribution in [3.63, 3.8) is 0 Å². The Balaban J connectivity index is 1.88. The summed E-state index contributed by atoms with van der Waals surface area (Å²) in [5, 5.41) is 17.5. The number of nitrogens with zero attached hydrogens (tertiary/aromatic N) is 1. The number of benzene rings is 1. The zero-order valence-electron chi connectivity index (χ0n) is 12.4. The van der Waals surface area contributed by atoms with Gasteiger partial charge >= 0.3 is 0 Å². The summed E-state index contributed by atoms with van der Waals surface area (Å²) in [5.41, 5.74) is 0.349. The van der Waals surface area contributed by atoms with Gasteiger partial charge in [0.2, 0.25) is 0 Å². The molecule has 2 rings (SSSR count). The highest BCUT2D eigenvalue weighted by Gasteiger charge is 2.12. The van der Waals surface area contributed by atoms with E-state index in [0.29, 0.717) is 15.8 Å². The number of hydrogen-bond acceptors (Lipinski definition) is 4. The van der Waals surface area contributed by atoms with Crippen molar-refractivity contribution in [3.05, 3.63) is 57.5 Å². The summed E-state index contributed by atoms with van der Waals surface area (Å²) in [7, 11) is 0. The van der Waals surface area contributed by atoms with Crippen LogP contribution in [0.25, 0.3) is 0 Å². The van der Waals surface area contributed by atoms with E-state index in [2.05, 4.69) is 10.6 Å². The lowest BCUT2D eigenvalue weighted by molar-refractivity contribution is -0.384. The van der Waals surface area contributed by atoms with Crippen LogP contribution in [-0.2, 0) is 6.42 Å². The summed E-state index contributed by atoms with van der Waals surface area (Å²) in [5.74, 6) is 0.916. The van der Waals surface area contributed by atoms with Crippen LogP contribution < -0.4 is 10.6 Å². The number of anilines is 1. The van der Waals surface area contributed by atoms with Gasteiger partial charge in [-0.15, -0.1) is 0 Å². The Hall–Kier alpha value is -2.12. The molecule has 1 aromatic carbocycles. The summed E-state index contributed by atoms with van der Waals surface area (Å²) in [6.07, 6.45) is 3.27. The largest absolute Gasteiger partial charge is 0.469 e. The summed E-state index contributed by atoms with van der Waals surface area (Å²) in [4.78, 5) is 10.3. The highest BCUT2D eigenvalue weighted by Crippen LogP contribution is 2.26. The number of non-ortho nitro benzene ring substituents is 1. The quantitative estimate of drug-likeness (QED) is 0.461. The molecule has 6 nitrogen and oxygen atoms in total. The summed E-state index contributed by atoms with van der Waals surface area (Å²) < 4.78 is 5.28. The number of nitro benzene ring substituents is 1. The van der Waals surface area contributed by atoms with E-state index in [1.807, 2.05) is 19.1 Å². The number of furan rings is 1. The standard InChI is InChI=1S/C15H16ClN3O3S/c1-10(4-6-12-3-2-8-22-12)17-15(23)18-14-9-11(19(20)21)5-7-13(14)16/h2-3,5,7-10H,4,6H2,1H3,(H2,17,18,23)/t10-/m1/s1. The molecule has 1 atom stereocenters. The Morgan fingerprint density at radius 2 is 2.26 bits per heavy atom. The van der Waals surface area contributed by atoms with Gasteiger partial charge in [0.25, 0.3) is 5.69 Å². The SMILES string of the molecule is C[C@H](CCc1ccco1)NC(=S)Nc1cc([N+](=O)[O-])ccc1Cl. The zero-order chi connectivity index (χ0) is 16.8. The number of nitro groups is 1. The number of nitrogens with one attached hydrogen (secondary N) is 2. The number of aryl methyl sites for hydroxylation is 1. The Kier molecular flexibility index (Phi) is 5.95. The van der Waals surface area contributed by atoms with E-state index >= 15 is 0 Å². The molecule has 0 unspecified atom stereocenters. The van der Waals surface area contributed by atoms with E-state index in [1.54, 1.807) is 6.26 Å². The first-order valence-corrected chi connectivity index (χ1v) is 7.78. The van der Waals surface area contributed by atoms with Crippen LogP contribution in [0.1, 0.15) is 19.1 Å². The van der Waals surface area contributed by atoms with Gasteiger partial charge in [-0.05, 0) is 43.8 Å². The average molecular weight is 354 g/mol. The van der Waals surface area contributed by atoms with Gasteiger partial charge in [-0.2, -0.15) is 0 Å². The molecule has 1 aromatic heterocycles. The summed E-state index contributed by atoms with van der Waals surface area (Å²) in [6, 6.07) is 8.04. The number of halogens is 1. The Morgan fingerprint density at radius 1 is 1.48 bits per heavy atom. The second kappa shape index (κ2) is 7.94. The fourth-order valence-corrected chi connectivity index (χ4v) is 2.47. The van der Waals surface area contributed by atoms with Crippen molar-refractivity contribution in [1.29, 1.82) is 0 Å². The van der Waals surface area contributed by atoms with Crippen molar-refractivity contribution >= 4 is 40.3 Å². The first kappa shape index (κ1) is 17.2. The van der Waals surface area contributed by atoms with Gasteiger partial charge in [-0.1, -0.05) is 11.6 Å². The van der Waals surface area contributed by atoms with E-state index in [4.69, 9.17) is 28.2 Å². The molecule has 0 radical (unpaired) electrons. The van der Waals surface area contributed by atoms with Gasteiger partial charge < -0.3 is 15.1 Å². The van der Waals surface area contributed by atoms with E-state index in [9.17, 15) is 10.1 Å². The van der Waals surface area contributed by atoms with Crippen molar-refractivity contribution in [2.24, 2.45) is 0 Å². The Labute approximate surface area is 144 Å². The van der Waals surface area contributed by atoms with Crippen LogP contribution in [0.3, 0.4) is 0 Å². The second-order valence-corrected chi connectivity index (χ2v) is 5.85. The molecule has 0 aliphatic carbocycles. The molecule has 0 aliphatic heterocycles. The smallest absolute Gasteiger partial charge is 0.271 e. The zero-order valence-corrected chi connectivity index (χ0v) is 14.0. The number of rotatable bonds is 6. The molecular weight excluding hydrogens is 338 g/mol. The van der Waals surface area contributed by atoms with Crippen molar-refractivity contribution < 1.29 is 9.34 Å². The minimum absolute atomic E-state index is 0.0504. The molecular formula is C15H16ClN3O3S. The molecule has 0 fully saturated rings. The maximum Gasteiger partial charge on any atom is 0.271 e. The molecule has 0 spiro atoms. The lowest BCUT2D eigenvalue weighted by Crippen LogP contribution is -2.36. The van der Waals surface area contributed by atoms with Gasteiger partial charge in [-0.3, -0.25) is 10.1 Å². The molecule has 1 heterocycles. The normalized spacial score (nSPS) is 11.7. The van der Waals surface area contributed by atoms with E-state index < -0.39 is 4.92 Å². The Bertz CT molecular complexity index is 691. The molecule has 23 heavy (non-hydrogen) atoms. The fraction of sp³-hybridized carbons (Fsp3) is 0.267. The van der Waals surface area contributed by atoms with Crippen molar-refractivity contribution in [2.45, 2.75) is 25.8 Å². The monoisotopic (exact) mass is 353 g/mol.